The Kier molecular flexibility index (Phi) is 11.6. The monoisotopic (exact) mass is 752 g/mol. The van der Waals surface area contributed by atoms with Crippen LogP contribution in [0.3, 0.4) is 0 Å². The molecule has 0 bridgehead atoms. The minimum Gasteiger partial charge on any atom is -0.497 e. The van der Waals surface area contributed by atoms with Gasteiger partial charge in [0.25, 0.3) is 5.56 Å². The summed E-state index contributed by atoms with van der Waals surface area (Å²) >= 11 is 0. The number of nitrogens with one attached hydrogen (secondary N) is 1. The molecule has 0 amide bonds. The van der Waals surface area contributed by atoms with Gasteiger partial charge in [-0.25, -0.2) is 9.36 Å². The fraction of sp³-hybridized carbons (Fsp3) is 0.351. The number of benzene rings is 3. The highest BCUT2D eigenvalue weighted by Gasteiger charge is 2.58. The van der Waals surface area contributed by atoms with Gasteiger partial charge in [-0.05, 0) is 41.0 Å². The Morgan fingerprint density at radius 3 is 1.81 bits per heavy atom. The predicted molar refractivity (Wildman–Crippen MR) is 189 cm³/mol. The number of phosphoric ester groups is 1. The van der Waals surface area contributed by atoms with Crippen LogP contribution < -0.4 is 20.7 Å². The summed E-state index contributed by atoms with van der Waals surface area (Å²) in [6.07, 6.45) is -7.49. The topological polar surface area (TPSA) is 202 Å². The van der Waals surface area contributed by atoms with E-state index in [1.165, 1.54) is 35.0 Å². The number of esters is 1. The Hall–Kier alpha value is -4.89. The Bertz CT molecular complexity index is 2020. The van der Waals surface area contributed by atoms with Gasteiger partial charge in [0.05, 0.1) is 14.2 Å². The second-order valence-electron chi connectivity index (χ2n) is 13.3. The van der Waals surface area contributed by atoms with Crippen molar-refractivity contribution in [3.05, 3.63) is 129 Å². The first kappa shape index (κ1) is 39.3. The summed E-state index contributed by atoms with van der Waals surface area (Å²) in [5.74, 6) is -0.596. The lowest BCUT2D eigenvalue weighted by molar-refractivity contribution is -0.166. The summed E-state index contributed by atoms with van der Waals surface area (Å²) in [5.41, 5.74) is -3.07. The lowest BCUT2D eigenvalue weighted by Gasteiger charge is -2.41. The molecule has 53 heavy (non-hydrogen) atoms. The molecule has 0 saturated carbocycles. The standard InChI is InChI=1S/C37H41N2O13P/c1-22(40)49-32-30(29(31(52-53(44,45)46)33(42)36(2,3)4)50-34(32)39-21-20-28(41)38-35(39)43)51-37(23-10-8-7-9-11-23,24-12-16-26(47-5)17-13-24)25-14-18-27(48-6)19-15-25/h7-21,29-32,34H,1-6H3,(H,38,41,43)(H2,44,45,46). The molecule has 1 aliphatic rings. The minimum absolute atomic E-state index is 0.509. The number of ketones is 1. The van der Waals surface area contributed by atoms with Gasteiger partial charge >= 0.3 is 19.5 Å². The van der Waals surface area contributed by atoms with Crippen molar-refractivity contribution in [2.45, 2.75) is 63.9 Å². The summed E-state index contributed by atoms with van der Waals surface area (Å²) in [6.45, 7) is 5.67. The van der Waals surface area contributed by atoms with E-state index in [1.54, 1.807) is 78.9 Å². The van der Waals surface area contributed by atoms with Gasteiger partial charge in [-0.2, -0.15) is 0 Å². The van der Waals surface area contributed by atoms with Crippen LogP contribution in [-0.4, -0.2) is 69.7 Å². The number of ether oxygens (including phenoxy) is 5. The van der Waals surface area contributed by atoms with Crippen molar-refractivity contribution in [1.82, 2.24) is 9.55 Å². The van der Waals surface area contributed by atoms with Crippen LogP contribution in [0.2, 0.25) is 0 Å². The minimum atomic E-state index is -5.43. The first-order chi connectivity index (χ1) is 25.0. The SMILES string of the molecule is COc1ccc(C(OC2C(C(OP(=O)(O)O)C(=O)C(C)(C)C)OC(n3ccc(=O)[nH]c3=O)C2OC(C)=O)(c2ccccc2)c2ccc(OC)cc2)cc1. The van der Waals surface area contributed by atoms with E-state index in [-0.39, 0.29) is 0 Å². The Morgan fingerprint density at radius 1 is 0.830 bits per heavy atom. The van der Waals surface area contributed by atoms with Crippen LogP contribution in [0.5, 0.6) is 11.5 Å². The smallest absolute Gasteiger partial charge is 0.470 e. The van der Waals surface area contributed by atoms with Crippen molar-refractivity contribution in [2.24, 2.45) is 5.41 Å². The van der Waals surface area contributed by atoms with Crippen molar-refractivity contribution in [3.63, 3.8) is 0 Å². The van der Waals surface area contributed by atoms with Gasteiger partial charge in [0.2, 0.25) is 0 Å². The molecular formula is C37H41N2O13P. The molecule has 3 N–H and O–H groups in total. The van der Waals surface area contributed by atoms with Crippen LogP contribution in [0.1, 0.15) is 50.6 Å². The predicted octanol–water partition coefficient (Wildman–Crippen LogP) is 3.85. The molecule has 1 aliphatic heterocycles. The van der Waals surface area contributed by atoms with Gasteiger partial charge in [0, 0.05) is 24.6 Å². The molecule has 1 fully saturated rings. The van der Waals surface area contributed by atoms with Crippen molar-refractivity contribution in [3.8, 4) is 11.5 Å². The van der Waals surface area contributed by atoms with Crippen LogP contribution in [-0.2, 0) is 38.5 Å². The summed E-state index contributed by atoms with van der Waals surface area (Å²) in [4.78, 5) is 74.6. The summed E-state index contributed by atoms with van der Waals surface area (Å²) in [5, 5.41) is 0. The third-order valence-corrected chi connectivity index (χ3v) is 9.19. The second-order valence-corrected chi connectivity index (χ2v) is 14.5. The van der Waals surface area contributed by atoms with E-state index in [1.807, 2.05) is 0 Å². The summed E-state index contributed by atoms with van der Waals surface area (Å²) < 4.78 is 49.0. The van der Waals surface area contributed by atoms with Crippen molar-refractivity contribution in [1.29, 1.82) is 0 Å². The molecule has 5 atom stereocenters. The lowest BCUT2D eigenvalue weighted by Crippen LogP contribution is -2.52. The number of Topliss-reactive ketones (excluding diaryl/α,β-unsaturated/α-hetero) is 1. The molecular weight excluding hydrogens is 711 g/mol. The maximum atomic E-state index is 14.1. The quantitative estimate of drug-likeness (QED) is 0.101. The number of rotatable bonds is 13. The van der Waals surface area contributed by atoms with Gasteiger partial charge < -0.3 is 33.5 Å². The normalized spacial score (nSPS) is 19.7. The van der Waals surface area contributed by atoms with E-state index >= 15 is 0 Å². The van der Waals surface area contributed by atoms with Crippen LogP contribution in [0.15, 0.2) is 101 Å². The molecule has 3 aromatic carbocycles. The average molecular weight is 753 g/mol. The number of H-pyrrole nitrogens is 1. The van der Waals surface area contributed by atoms with Gasteiger partial charge in [0.15, 0.2) is 24.2 Å². The first-order valence-corrected chi connectivity index (χ1v) is 18.0. The Morgan fingerprint density at radius 2 is 1.36 bits per heavy atom. The molecule has 0 aliphatic carbocycles. The van der Waals surface area contributed by atoms with E-state index in [4.69, 9.17) is 28.2 Å². The zero-order valence-electron chi connectivity index (χ0n) is 29.8. The molecule has 2 heterocycles. The lowest BCUT2D eigenvalue weighted by atomic mass is 9.79. The summed E-state index contributed by atoms with van der Waals surface area (Å²) in [7, 11) is -2.41. The first-order valence-electron chi connectivity index (χ1n) is 16.4. The Labute approximate surface area is 304 Å². The van der Waals surface area contributed by atoms with Crippen molar-refractivity contribution in [2.75, 3.05) is 14.2 Å². The van der Waals surface area contributed by atoms with Crippen LogP contribution >= 0.6 is 7.82 Å². The van der Waals surface area contributed by atoms with Crippen molar-refractivity contribution >= 4 is 19.6 Å². The molecule has 16 heteroatoms. The number of aromatic amines is 1. The fourth-order valence-electron chi connectivity index (χ4n) is 6.28. The highest BCUT2D eigenvalue weighted by atomic mass is 31.2. The van der Waals surface area contributed by atoms with Gasteiger partial charge in [-0.15, -0.1) is 0 Å². The zero-order valence-corrected chi connectivity index (χ0v) is 30.7. The van der Waals surface area contributed by atoms with Crippen LogP contribution in [0, 0.1) is 5.41 Å². The number of phosphoric acid groups is 1. The molecule has 0 radical (unpaired) electrons. The third-order valence-electron chi connectivity index (χ3n) is 8.69. The number of hydrogen-bond donors (Lipinski definition) is 3. The molecule has 4 aromatic rings. The molecule has 15 nitrogen and oxygen atoms in total. The molecule has 5 rings (SSSR count). The largest absolute Gasteiger partial charge is 0.497 e. The van der Waals surface area contributed by atoms with E-state index in [9.17, 15) is 33.5 Å². The average Bonchev–Trinajstić information content (AvgIpc) is 3.44. The second kappa shape index (κ2) is 15.6. The molecule has 5 unspecified atom stereocenters. The molecule has 282 valence electrons. The maximum Gasteiger partial charge on any atom is 0.470 e. The fourth-order valence-corrected chi connectivity index (χ4v) is 6.79. The zero-order chi connectivity index (χ0) is 38.7. The number of carbonyl (C=O) groups excluding carboxylic acids is 2. The maximum absolute atomic E-state index is 14.1. The molecule has 1 aromatic heterocycles. The number of methoxy groups -OCH3 is 2. The number of aromatic nitrogens is 2. The van der Waals surface area contributed by atoms with Gasteiger partial charge in [-0.1, -0.05) is 75.4 Å². The van der Waals surface area contributed by atoms with E-state index in [0.29, 0.717) is 28.2 Å². The van der Waals surface area contributed by atoms with Gasteiger partial charge in [-0.3, -0.25) is 28.5 Å². The number of nitrogens with zero attached hydrogens (tertiary/aromatic N) is 1. The summed E-state index contributed by atoms with van der Waals surface area (Å²) in [6, 6.07) is 23.8. The van der Waals surface area contributed by atoms with Crippen molar-refractivity contribution < 1.29 is 52.1 Å². The molecule has 0 spiro atoms. The highest BCUT2D eigenvalue weighted by Crippen LogP contribution is 2.49. The van der Waals surface area contributed by atoms with E-state index in [0.717, 1.165) is 23.8 Å². The third kappa shape index (κ3) is 8.51. The number of hydrogen-bond acceptors (Lipinski definition) is 11. The van der Waals surface area contributed by atoms with Gasteiger partial charge in [0.1, 0.15) is 29.3 Å². The van der Waals surface area contributed by atoms with Crippen LogP contribution in [0.4, 0.5) is 0 Å². The van der Waals surface area contributed by atoms with E-state index in [2.05, 4.69) is 4.98 Å². The van der Waals surface area contributed by atoms with Crippen LogP contribution in [0.25, 0.3) is 0 Å². The molecule has 1 saturated heterocycles. The number of carbonyl (C=O) groups is 2. The Balaban J connectivity index is 1.86. The highest BCUT2D eigenvalue weighted by molar-refractivity contribution is 7.46. The van der Waals surface area contributed by atoms with E-state index < -0.39 is 72.5 Å².